The van der Waals surface area contributed by atoms with E-state index in [9.17, 15) is 0 Å². The molecule has 17 heavy (non-hydrogen) atoms. The first-order valence-corrected chi connectivity index (χ1v) is 7.73. The summed E-state index contributed by atoms with van der Waals surface area (Å²) in [6.07, 6.45) is 0. The molecule has 1 aromatic heterocycles. The fraction of sp³-hybridized carbons (Fsp3) is 0.167. The first-order valence-electron chi connectivity index (χ1n) is 4.95. The summed E-state index contributed by atoms with van der Waals surface area (Å²) in [5, 5.41) is 0.716. The highest BCUT2D eigenvalue weighted by Gasteiger charge is 2.16. The van der Waals surface area contributed by atoms with Crippen molar-refractivity contribution in [3.05, 3.63) is 53.6 Å². The van der Waals surface area contributed by atoms with Crippen molar-refractivity contribution in [1.29, 1.82) is 0 Å². The molecule has 5 heteroatoms. The van der Waals surface area contributed by atoms with Gasteiger partial charge in [0.1, 0.15) is 0 Å². The van der Waals surface area contributed by atoms with Crippen LogP contribution in [0.4, 0.5) is 0 Å². The molecule has 2 aromatic rings. The van der Waals surface area contributed by atoms with E-state index in [0.29, 0.717) is 5.02 Å². The lowest BCUT2D eigenvalue weighted by molar-refractivity contribution is 0.881. The Morgan fingerprint density at radius 1 is 1.29 bits per heavy atom. The Balaban J connectivity index is 2.42. The zero-order valence-corrected chi connectivity index (χ0v) is 13.8. The van der Waals surface area contributed by atoms with Crippen molar-refractivity contribution in [2.45, 2.75) is 13.0 Å². The van der Waals surface area contributed by atoms with Gasteiger partial charge in [0.2, 0.25) is 0 Å². The largest absolute Gasteiger partial charge is 0.320 e. The van der Waals surface area contributed by atoms with E-state index in [2.05, 4.69) is 50.9 Å². The summed E-state index contributed by atoms with van der Waals surface area (Å²) < 4.78 is 1.97. The van der Waals surface area contributed by atoms with Crippen molar-refractivity contribution in [2.75, 3.05) is 0 Å². The summed E-state index contributed by atoms with van der Waals surface area (Å²) in [7, 11) is 0. The summed E-state index contributed by atoms with van der Waals surface area (Å²) in [6, 6.07) is 7.91. The summed E-state index contributed by atoms with van der Waals surface area (Å²) in [4.78, 5) is 1.06. The quantitative estimate of drug-likeness (QED) is 0.735. The SMILES string of the molecule is Cc1ccc(Br)cc1C(N)c1cc(Cl)c(Br)s1. The van der Waals surface area contributed by atoms with E-state index in [0.717, 1.165) is 18.7 Å². The highest BCUT2D eigenvalue weighted by Crippen LogP contribution is 2.37. The van der Waals surface area contributed by atoms with Gasteiger partial charge in [-0.05, 0) is 52.2 Å². The average molecular weight is 396 g/mol. The van der Waals surface area contributed by atoms with Gasteiger partial charge in [0.15, 0.2) is 0 Å². The van der Waals surface area contributed by atoms with E-state index in [-0.39, 0.29) is 6.04 Å². The maximum Gasteiger partial charge on any atom is 0.0888 e. The van der Waals surface area contributed by atoms with E-state index < -0.39 is 0 Å². The molecule has 1 heterocycles. The van der Waals surface area contributed by atoms with Crippen molar-refractivity contribution in [3.63, 3.8) is 0 Å². The summed E-state index contributed by atoms with van der Waals surface area (Å²) in [6.45, 7) is 2.06. The standard InChI is InChI=1S/C12H10Br2ClNS/c1-6-2-3-7(13)4-8(6)11(16)10-5-9(15)12(14)17-10/h2-5,11H,16H2,1H3. The molecule has 1 aromatic carbocycles. The minimum Gasteiger partial charge on any atom is -0.320 e. The third kappa shape index (κ3) is 2.93. The molecule has 0 radical (unpaired) electrons. The number of nitrogens with two attached hydrogens (primary N) is 1. The molecule has 2 N–H and O–H groups in total. The molecule has 0 aliphatic carbocycles. The number of aryl methyl sites for hydroxylation is 1. The average Bonchev–Trinajstić information content (AvgIpc) is 2.62. The lowest BCUT2D eigenvalue weighted by atomic mass is 10.0. The fourth-order valence-corrected chi connectivity index (χ4v) is 3.76. The summed E-state index contributed by atoms with van der Waals surface area (Å²) in [5.74, 6) is 0. The maximum absolute atomic E-state index is 6.28. The Bertz CT molecular complexity index is 534. The van der Waals surface area contributed by atoms with Crippen LogP contribution < -0.4 is 5.73 Å². The van der Waals surface area contributed by atoms with E-state index >= 15 is 0 Å². The van der Waals surface area contributed by atoms with Gasteiger partial charge in [0, 0.05) is 9.35 Å². The van der Waals surface area contributed by atoms with Crippen LogP contribution in [0.25, 0.3) is 0 Å². The van der Waals surface area contributed by atoms with Crippen molar-refractivity contribution >= 4 is 54.8 Å². The Morgan fingerprint density at radius 2 is 2.00 bits per heavy atom. The van der Waals surface area contributed by atoms with Crippen molar-refractivity contribution in [3.8, 4) is 0 Å². The smallest absolute Gasteiger partial charge is 0.0888 e. The maximum atomic E-state index is 6.28. The molecule has 0 amide bonds. The lowest BCUT2D eigenvalue weighted by Crippen LogP contribution is -2.11. The number of halogens is 3. The van der Waals surface area contributed by atoms with Crippen LogP contribution in [0, 0.1) is 6.92 Å². The summed E-state index contributed by atoms with van der Waals surface area (Å²) >= 11 is 14.5. The Kier molecular flexibility index (Phi) is 4.31. The van der Waals surface area contributed by atoms with Crippen LogP contribution in [0.3, 0.4) is 0 Å². The van der Waals surface area contributed by atoms with Crippen LogP contribution >= 0.6 is 54.8 Å². The summed E-state index contributed by atoms with van der Waals surface area (Å²) in [5.41, 5.74) is 8.58. The topological polar surface area (TPSA) is 26.0 Å². The minimum absolute atomic E-state index is 0.138. The van der Waals surface area contributed by atoms with Gasteiger partial charge in [-0.25, -0.2) is 0 Å². The first kappa shape index (κ1) is 13.6. The van der Waals surface area contributed by atoms with Crippen LogP contribution in [0.5, 0.6) is 0 Å². The van der Waals surface area contributed by atoms with Gasteiger partial charge in [-0.2, -0.15) is 0 Å². The van der Waals surface area contributed by atoms with E-state index in [1.807, 2.05) is 12.1 Å². The van der Waals surface area contributed by atoms with Crippen molar-refractivity contribution < 1.29 is 0 Å². The van der Waals surface area contributed by atoms with Gasteiger partial charge in [-0.3, -0.25) is 0 Å². The normalized spacial score (nSPS) is 12.8. The van der Waals surface area contributed by atoms with Crippen LogP contribution in [0.2, 0.25) is 5.02 Å². The zero-order valence-electron chi connectivity index (χ0n) is 9.01. The van der Waals surface area contributed by atoms with E-state index in [1.165, 1.54) is 5.56 Å². The van der Waals surface area contributed by atoms with Crippen molar-refractivity contribution in [1.82, 2.24) is 0 Å². The molecular formula is C12H10Br2ClNS. The molecule has 2 rings (SSSR count). The van der Waals surface area contributed by atoms with Gasteiger partial charge < -0.3 is 5.73 Å². The van der Waals surface area contributed by atoms with Crippen LogP contribution in [-0.4, -0.2) is 0 Å². The molecule has 0 saturated carbocycles. The van der Waals surface area contributed by atoms with Gasteiger partial charge >= 0.3 is 0 Å². The predicted molar refractivity (Wildman–Crippen MR) is 81.9 cm³/mol. The number of rotatable bonds is 2. The fourth-order valence-electron chi connectivity index (χ4n) is 1.62. The second-order valence-corrected chi connectivity index (χ2v) is 7.47. The van der Waals surface area contributed by atoms with Crippen molar-refractivity contribution in [2.24, 2.45) is 5.73 Å². The highest BCUT2D eigenvalue weighted by molar-refractivity contribution is 9.11. The van der Waals surface area contributed by atoms with E-state index in [1.54, 1.807) is 11.3 Å². The predicted octanol–water partition coefficient (Wildman–Crippen LogP) is 5.28. The molecule has 0 aliphatic heterocycles. The van der Waals surface area contributed by atoms with E-state index in [4.69, 9.17) is 17.3 Å². The lowest BCUT2D eigenvalue weighted by Gasteiger charge is -2.13. The van der Waals surface area contributed by atoms with Gasteiger partial charge in [0.05, 0.1) is 14.9 Å². The van der Waals surface area contributed by atoms with Gasteiger partial charge in [0.25, 0.3) is 0 Å². The zero-order chi connectivity index (χ0) is 12.6. The number of benzene rings is 1. The number of hydrogen-bond donors (Lipinski definition) is 1. The monoisotopic (exact) mass is 393 g/mol. The second kappa shape index (κ2) is 5.41. The molecule has 0 aliphatic rings. The molecule has 1 nitrogen and oxygen atoms in total. The van der Waals surface area contributed by atoms with Gasteiger partial charge in [-0.1, -0.05) is 33.6 Å². The molecule has 0 fully saturated rings. The first-order chi connectivity index (χ1) is 7.99. The minimum atomic E-state index is -0.138. The second-order valence-electron chi connectivity index (χ2n) is 3.75. The molecule has 1 atom stereocenters. The molecule has 0 saturated heterocycles. The molecule has 0 spiro atoms. The Morgan fingerprint density at radius 3 is 2.59 bits per heavy atom. The van der Waals surface area contributed by atoms with Crippen LogP contribution in [0.1, 0.15) is 22.0 Å². The Hall–Kier alpha value is 0.130. The third-order valence-electron chi connectivity index (χ3n) is 2.55. The molecule has 0 bridgehead atoms. The van der Waals surface area contributed by atoms with Gasteiger partial charge in [-0.15, -0.1) is 11.3 Å². The molecular weight excluding hydrogens is 385 g/mol. The number of thiophene rings is 1. The highest BCUT2D eigenvalue weighted by atomic mass is 79.9. The molecule has 1 unspecified atom stereocenters. The number of hydrogen-bond acceptors (Lipinski definition) is 2. The molecule has 90 valence electrons. The van der Waals surface area contributed by atoms with Crippen LogP contribution in [-0.2, 0) is 0 Å². The Labute approximate surface area is 126 Å². The van der Waals surface area contributed by atoms with Crippen LogP contribution in [0.15, 0.2) is 32.5 Å². The third-order valence-corrected chi connectivity index (χ3v) is 5.60.